The summed E-state index contributed by atoms with van der Waals surface area (Å²) in [6.45, 7) is 5.35. The summed E-state index contributed by atoms with van der Waals surface area (Å²) in [5, 5.41) is 11.8. The minimum Gasteiger partial charge on any atom is -0.618 e. The monoisotopic (exact) mass is 366 g/mol. The molecule has 27 heavy (non-hydrogen) atoms. The lowest BCUT2D eigenvalue weighted by Gasteiger charge is -2.30. The fourth-order valence-corrected chi connectivity index (χ4v) is 3.61. The average molecular weight is 366 g/mol. The van der Waals surface area contributed by atoms with E-state index in [4.69, 9.17) is 0 Å². The van der Waals surface area contributed by atoms with Crippen LogP contribution in [0.1, 0.15) is 53.1 Å². The maximum Gasteiger partial charge on any atom is 0.319 e. The number of ketones is 1. The third-order valence-corrected chi connectivity index (χ3v) is 5.08. The molecule has 142 valence electrons. The lowest BCUT2D eigenvalue weighted by atomic mass is 9.88. The normalized spacial score (nSPS) is 15.1. The molecular formula is C22H26N2O3. The Bertz CT molecular complexity index is 807. The molecule has 1 amide bonds. The number of piperidine rings is 1. The molecular weight excluding hydrogens is 340 g/mol. The van der Waals surface area contributed by atoms with E-state index in [2.05, 4.69) is 13.8 Å². The van der Waals surface area contributed by atoms with Gasteiger partial charge in [0.15, 0.2) is 12.0 Å². The summed E-state index contributed by atoms with van der Waals surface area (Å²) >= 11 is 0. The van der Waals surface area contributed by atoms with Crippen LogP contribution in [-0.4, -0.2) is 29.7 Å². The number of pyridine rings is 1. The molecule has 1 saturated heterocycles. The van der Waals surface area contributed by atoms with Crippen molar-refractivity contribution in [1.29, 1.82) is 0 Å². The van der Waals surface area contributed by atoms with Gasteiger partial charge in [0.1, 0.15) is 0 Å². The third-order valence-electron chi connectivity index (χ3n) is 5.08. The molecule has 2 aromatic rings. The fourth-order valence-electron chi connectivity index (χ4n) is 3.61. The zero-order valence-corrected chi connectivity index (χ0v) is 15.9. The van der Waals surface area contributed by atoms with Crippen LogP contribution in [0.5, 0.6) is 0 Å². The molecule has 0 unspecified atom stereocenters. The van der Waals surface area contributed by atoms with Gasteiger partial charge in [-0.25, -0.2) is 0 Å². The van der Waals surface area contributed by atoms with Crippen molar-refractivity contribution >= 4 is 11.7 Å². The molecule has 1 aliphatic rings. The second-order valence-electron chi connectivity index (χ2n) is 7.64. The Balaban J connectivity index is 1.59. The Kier molecular flexibility index (Phi) is 5.89. The number of aromatic nitrogens is 1. The summed E-state index contributed by atoms with van der Waals surface area (Å²) < 4.78 is 0.596. The Hall–Kier alpha value is -2.69. The summed E-state index contributed by atoms with van der Waals surface area (Å²) in [6.07, 6.45) is 3.59. The molecule has 0 saturated carbocycles. The highest BCUT2D eigenvalue weighted by Gasteiger charge is 2.30. The zero-order chi connectivity index (χ0) is 19.4. The molecule has 5 nitrogen and oxygen atoms in total. The zero-order valence-electron chi connectivity index (χ0n) is 15.9. The number of likely N-dealkylation sites (tertiary alicyclic amines) is 1. The molecule has 0 N–H and O–H groups in total. The lowest BCUT2D eigenvalue weighted by molar-refractivity contribution is -0.608. The van der Waals surface area contributed by atoms with Crippen LogP contribution >= 0.6 is 0 Å². The van der Waals surface area contributed by atoms with E-state index in [1.165, 1.54) is 17.8 Å². The number of hydrogen-bond acceptors (Lipinski definition) is 3. The number of nitrogens with zero attached hydrogens (tertiary/aromatic N) is 2. The van der Waals surface area contributed by atoms with Crippen molar-refractivity contribution < 1.29 is 14.3 Å². The third kappa shape index (κ3) is 4.54. The summed E-state index contributed by atoms with van der Waals surface area (Å²) in [5.41, 5.74) is 2.12. The molecule has 0 spiro atoms. The number of Topliss-reactive ketones (excluding diaryl/α,β-unsaturated/α-hetero) is 1. The molecule has 1 aliphatic heterocycles. The first-order valence-corrected chi connectivity index (χ1v) is 9.56. The molecule has 1 aromatic heterocycles. The second kappa shape index (κ2) is 8.33. The van der Waals surface area contributed by atoms with Crippen LogP contribution < -0.4 is 4.73 Å². The van der Waals surface area contributed by atoms with E-state index in [1.54, 1.807) is 17.0 Å². The molecule has 1 fully saturated rings. The van der Waals surface area contributed by atoms with Gasteiger partial charge in [-0.3, -0.25) is 9.59 Å². The molecule has 0 radical (unpaired) electrons. The minimum atomic E-state index is -0.269. The number of carbonyl (C=O) groups excluding carboxylic acids is 2. The van der Waals surface area contributed by atoms with Crippen molar-refractivity contribution in [2.75, 3.05) is 13.1 Å². The predicted octanol–water partition coefficient (Wildman–Crippen LogP) is 3.25. The smallest absolute Gasteiger partial charge is 0.319 e. The quantitative estimate of drug-likeness (QED) is 0.463. The van der Waals surface area contributed by atoms with E-state index in [-0.39, 0.29) is 23.3 Å². The standard InChI is InChI=1S/C22H26N2O3/c1-16(2)15-17-6-8-18(9-7-17)21(25)19-10-13-23(14-11-19)22(26)20-5-3-4-12-24(20)27/h3-9,12,16,19H,10-11,13-15H2,1-2H3. The van der Waals surface area contributed by atoms with E-state index in [1.807, 2.05) is 24.3 Å². The van der Waals surface area contributed by atoms with Gasteiger partial charge in [0.25, 0.3) is 5.69 Å². The molecule has 0 atom stereocenters. The summed E-state index contributed by atoms with van der Waals surface area (Å²) in [6, 6.07) is 12.7. The number of carbonyl (C=O) groups is 2. The lowest BCUT2D eigenvalue weighted by Crippen LogP contribution is -2.45. The molecule has 2 heterocycles. The van der Waals surface area contributed by atoms with Crippen molar-refractivity contribution in [1.82, 2.24) is 4.90 Å². The SMILES string of the molecule is CC(C)Cc1ccc(C(=O)C2CCN(C(=O)c3cccc[n+]3[O-])CC2)cc1. The largest absolute Gasteiger partial charge is 0.618 e. The number of amides is 1. The van der Waals surface area contributed by atoms with Gasteiger partial charge in [-0.15, -0.1) is 0 Å². The second-order valence-corrected chi connectivity index (χ2v) is 7.64. The van der Waals surface area contributed by atoms with Crippen molar-refractivity contribution in [3.8, 4) is 0 Å². The van der Waals surface area contributed by atoms with Gasteiger partial charge < -0.3 is 10.1 Å². The molecule has 1 aromatic carbocycles. The first kappa shape index (κ1) is 19.1. The summed E-state index contributed by atoms with van der Waals surface area (Å²) in [5.74, 6) is 0.400. The van der Waals surface area contributed by atoms with Crippen LogP contribution in [0.25, 0.3) is 0 Å². The molecule has 5 heteroatoms. The average Bonchev–Trinajstić information content (AvgIpc) is 2.67. The van der Waals surface area contributed by atoms with E-state index in [0.717, 1.165) is 12.0 Å². The van der Waals surface area contributed by atoms with Gasteiger partial charge in [-0.2, -0.15) is 4.73 Å². The van der Waals surface area contributed by atoms with Gasteiger partial charge in [0.2, 0.25) is 0 Å². The topological polar surface area (TPSA) is 64.3 Å². The van der Waals surface area contributed by atoms with Crippen LogP contribution in [0.3, 0.4) is 0 Å². The van der Waals surface area contributed by atoms with Crippen LogP contribution in [-0.2, 0) is 6.42 Å². The number of hydrogen-bond donors (Lipinski definition) is 0. The van der Waals surface area contributed by atoms with Crippen LogP contribution in [0.4, 0.5) is 0 Å². The van der Waals surface area contributed by atoms with Crippen molar-refractivity contribution in [3.05, 3.63) is 70.7 Å². The summed E-state index contributed by atoms with van der Waals surface area (Å²) in [7, 11) is 0. The minimum absolute atomic E-state index is 0.0693. The van der Waals surface area contributed by atoms with Gasteiger partial charge in [-0.05, 0) is 36.8 Å². The number of benzene rings is 1. The predicted molar refractivity (Wildman–Crippen MR) is 103 cm³/mol. The highest BCUT2D eigenvalue weighted by Crippen LogP contribution is 2.23. The van der Waals surface area contributed by atoms with E-state index >= 15 is 0 Å². The van der Waals surface area contributed by atoms with E-state index < -0.39 is 0 Å². The Morgan fingerprint density at radius 1 is 1.11 bits per heavy atom. The first-order valence-electron chi connectivity index (χ1n) is 9.56. The Morgan fingerprint density at radius 3 is 2.37 bits per heavy atom. The molecule has 0 bridgehead atoms. The van der Waals surface area contributed by atoms with Crippen molar-refractivity contribution in [3.63, 3.8) is 0 Å². The van der Waals surface area contributed by atoms with Crippen molar-refractivity contribution in [2.45, 2.75) is 33.1 Å². The van der Waals surface area contributed by atoms with Gasteiger partial charge in [0, 0.05) is 36.7 Å². The maximum atomic E-state index is 12.8. The fraction of sp³-hybridized carbons (Fsp3) is 0.409. The van der Waals surface area contributed by atoms with Gasteiger partial charge in [-0.1, -0.05) is 38.1 Å². The van der Waals surface area contributed by atoms with E-state index in [0.29, 0.717) is 36.6 Å². The Morgan fingerprint density at radius 2 is 1.78 bits per heavy atom. The maximum absolute atomic E-state index is 12.8. The van der Waals surface area contributed by atoms with Crippen molar-refractivity contribution in [2.24, 2.45) is 11.8 Å². The highest BCUT2D eigenvalue weighted by atomic mass is 16.5. The van der Waals surface area contributed by atoms with Crippen LogP contribution in [0.2, 0.25) is 0 Å². The number of rotatable bonds is 5. The Labute approximate surface area is 160 Å². The van der Waals surface area contributed by atoms with Crippen LogP contribution in [0.15, 0.2) is 48.7 Å². The highest BCUT2D eigenvalue weighted by molar-refractivity contribution is 5.98. The van der Waals surface area contributed by atoms with Gasteiger partial charge >= 0.3 is 5.91 Å². The molecule has 3 rings (SSSR count). The summed E-state index contributed by atoms with van der Waals surface area (Å²) in [4.78, 5) is 27.0. The van der Waals surface area contributed by atoms with Crippen LogP contribution in [0, 0.1) is 17.0 Å². The van der Waals surface area contributed by atoms with E-state index in [9.17, 15) is 14.8 Å². The van der Waals surface area contributed by atoms with Gasteiger partial charge in [0.05, 0.1) is 0 Å². The molecule has 0 aliphatic carbocycles. The first-order chi connectivity index (χ1) is 13.0.